The van der Waals surface area contributed by atoms with E-state index in [1.165, 1.54) is 51.4 Å². The zero-order valence-electron chi connectivity index (χ0n) is 18.0. The molecular weight excluding hydrogens is 376 g/mol. The van der Waals surface area contributed by atoms with E-state index in [1.807, 2.05) is 0 Å². The minimum Gasteiger partial charge on any atom is -0.456 e. The normalized spacial score (nSPS) is 26.1. The monoisotopic (exact) mass is 416 g/mol. The van der Waals surface area contributed by atoms with E-state index in [-0.39, 0.29) is 12.6 Å². The highest BCUT2D eigenvalue weighted by Gasteiger charge is 2.55. The Bertz CT molecular complexity index is 450. The van der Waals surface area contributed by atoms with E-state index >= 15 is 0 Å². The summed E-state index contributed by atoms with van der Waals surface area (Å²) in [4.78, 5) is 12.2. The van der Waals surface area contributed by atoms with E-state index in [9.17, 15) is 15.0 Å². The Hall–Kier alpha value is -0.730. The van der Waals surface area contributed by atoms with E-state index in [0.717, 1.165) is 19.3 Å². The first-order chi connectivity index (χ1) is 14.1. The van der Waals surface area contributed by atoms with Crippen LogP contribution in [0.5, 0.6) is 0 Å². The fourth-order valence-electron chi connectivity index (χ4n) is 4.07. The van der Waals surface area contributed by atoms with E-state index < -0.39 is 30.7 Å². The predicted octanol–water partition coefficient (Wildman–Crippen LogP) is 3.09. The highest BCUT2D eigenvalue weighted by atomic mass is 16.8. The minimum absolute atomic E-state index is 0.0233. The van der Waals surface area contributed by atoms with Crippen molar-refractivity contribution in [2.75, 3.05) is 26.4 Å². The molecule has 0 amide bonds. The molecular formula is C22H40O7. The molecule has 3 atom stereocenters. The standard InChI is InChI=1S/C22H40O7/c1-2-3-4-5-6-7-8-9-10-11-12-13-19(25)29-20-18(24)16-26-21(20)22(17-23)27-14-15-28-22/h18,20-21,23-24H,2-17H2,1H3/t18-,20+,21-/m0/s1. The molecule has 0 spiro atoms. The summed E-state index contributed by atoms with van der Waals surface area (Å²) in [6.45, 7) is 2.50. The van der Waals surface area contributed by atoms with Gasteiger partial charge in [0.2, 0.25) is 5.79 Å². The van der Waals surface area contributed by atoms with Crippen molar-refractivity contribution >= 4 is 5.97 Å². The first kappa shape index (κ1) is 24.5. The van der Waals surface area contributed by atoms with Gasteiger partial charge in [-0.1, -0.05) is 71.1 Å². The van der Waals surface area contributed by atoms with E-state index in [0.29, 0.717) is 19.6 Å². The maximum Gasteiger partial charge on any atom is 0.306 e. The van der Waals surface area contributed by atoms with Gasteiger partial charge in [-0.15, -0.1) is 0 Å². The highest BCUT2D eigenvalue weighted by Crippen LogP contribution is 2.33. The van der Waals surface area contributed by atoms with Crippen LogP contribution in [0.3, 0.4) is 0 Å². The van der Waals surface area contributed by atoms with Gasteiger partial charge < -0.3 is 29.2 Å². The molecule has 2 saturated heterocycles. The van der Waals surface area contributed by atoms with E-state index in [4.69, 9.17) is 18.9 Å². The molecule has 0 aliphatic carbocycles. The van der Waals surface area contributed by atoms with Crippen LogP contribution in [-0.2, 0) is 23.7 Å². The van der Waals surface area contributed by atoms with Crippen molar-refractivity contribution < 1.29 is 34.0 Å². The number of esters is 1. The number of rotatable bonds is 15. The highest BCUT2D eigenvalue weighted by molar-refractivity contribution is 5.69. The summed E-state index contributed by atoms with van der Waals surface area (Å²) in [6, 6.07) is 0. The zero-order valence-corrected chi connectivity index (χ0v) is 18.0. The van der Waals surface area contributed by atoms with Crippen LogP contribution in [0.15, 0.2) is 0 Å². The second-order valence-corrected chi connectivity index (χ2v) is 8.23. The second kappa shape index (κ2) is 13.5. The molecule has 7 nitrogen and oxygen atoms in total. The molecule has 7 heteroatoms. The van der Waals surface area contributed by atoms with Crippen molar-refractivity contribution in [3.63, 3.8) is 0 Å². The Morgan fingerprint density at radius 3 is 2.07 bits per heavy atom. The molecule has 0 unspecified atom stereocenters. The molecule has 0 saturated carbocycles. The van der Waals surface area contributed by atoms with Crippen molar-refractivity contribution in [3.8, 4) is 0 Å². The molecule has 2 aliphatic rings. The molecule has 2 aliphatic heterocycles. The van der Waals surface area contributed by atoms with Crippen LogP contribution in [0.2, 0.25) is 0 Å². The fraction of sp³-hybridized carbons (Fsp3) is 0.955. The van der Waals surface area contributed by atoms with Gasteiger partial charge in [0.15, 0.2) is 12.2 Å². The van der Waals surface area contributed by atoms with Gasteiger partial charge in [0.25, 0.3) is 0 Å². The van der Waals surface area contributed by atoms with E-state index in [1.54, 1.807) is 0 Å². The minimum atomic E-state index is -1.36. The van der Waals surface area contributed by atoms with Gasteiger partial charge >= 0.3 is 5.97 Å². The van der Waals surface area contributed by atoms with Crippen LogP contribution in [0.1, 0.15) is 84.0 Å². The largest absolute Gasteiger partial charge is 0.456 e. The lowest BCUT2D eigenvalue weighted by atomic mass is 10.0. The summed E-state index contributed by atoms with van der Waals surface area (Å²) in [6.07, 6.45) is 11.1. The van der Waals surface area contributed by atoms with Crippen molar-refractivity contribution in [1.82, 2.24) is 0 Å². The topological polar surface area (TPSA) is 94.5 Å². The molecule has 0 bridgehead atoms. The average Bonchev–Trinajstić information content (AvgIpc) is 3.34. The predicted molar refractivity (Wildman–Crippen MR) is 108 cm³/mol. The fourth-order valence-corrected chi connectivity index (χ4v) is 4.07. The zero-order chi connectivity index (χ0) is 21.0. The number of hydrogen-bond donors (Lipinski definition) is 2. The molecule has 0 aromatic rings. The number of aliphatic hydroxyl groups excluding tert-OH is 2. The maximum atomic E-state index is 12.2. The smallest absolute Gasteiger partial charge is 0.306 e. The third-order valence-electron chi connectivity index (χ3n) is 5.81. The second-order valence-electron chi connectivity index (χ2n) is 8.23. The van der Waals surface area contributed by atoms with Crippen LogP contribution < -0.4 is 0 Å². The van der Waals surface area contributed by atoms with Crippen LogP contribution in [-0.4, -0.2) is 66.7 Å². The van der Waals surface area contributed by atoms with Gasteiger partial charge in [-0.05, 0) is 6.42 Å². The van der Waals surface area contributed by atoms with Gasteiger partial charge in [0.1, 0.15) is 12.7 Å². The summed E-state index contributed by atoms with van der Waals surface area (Å²) < 4.78 is 22.0. The van der Waals surface area contributed by atoms with E-state index in [2.05, 4.69) is 6.92 Å². The lowest BCUT2D eigenvalue weighted by Gasteiger charge is -2.33. The Labute approximate surface area is 175 Å². The third-order valence-corrected chi connectivity index (χ3v) is 5.81. The van der Waals surface area contributed by atoms with Gasteiger partial charge in [0.05, 0.1) is 19.8 Å². The number of carbonyl (C=O) groups excluding carboxylic acids is 1. The average molecular weight is 417 g/mol. The van der Waals surface area contributed by atoms with Crippen molar-refractivity contribution in [3.05, 3.63) is 0 Å². The first-order valence-electron chi connectivity index (χ1n) is 11.5. The van der Waals surface area contributed by atoms with Crippen LogP contribution in [0, 0.1) is 0 Å². The Balaban J connectivity index is 1.57. The van der Waals surface area contributed by atoms with Gasteiger partial charge in [0, 0.05) is 6.42 Å². The van der Waals surface area contributed by atoms with Gasteiger partial charge in [-0.3, -0.25) is 4.79 Å². The molecule has 0 radical (unpaired) electrons. The molecule has 2 N–H and O–H groups in total. The molecule has 0 aromatic carbocycles. The number of unbranched alkanes of at least 4 members (excludes halogenated alkanes) is 10. The van der Waals surface area contributed by atoms with Crippen molar-refractivity contribution in [2.24, 2.45) is 0 Å². The first-order valence-corrected chi connectivity index (χ1v) is 11.5. The summed E-state index contributed by atoms with van der Waals surface area (Å²) in [5.41, 5.74) is 0. The lowest BCUT2D eigenvalue weighted by molar-refractivity contribution is -0.257. The summed E-state index contributed by atoms with van der Waals surface area (Å²) in [7, 11) is 0. The molecule has 0 aromatic heterocycles. The van der Waals surface area contributed by atoms with Crippen LogP contribution >= 0.6 is 0 Å². The van der Waals surface area contributed by atoms with Crippen LogP contribution in [0.4, 0.5) is 0 Å². The summed E-state index contributed by atoms with van der Waals surface area (Å²) in [5, 5.41) is 19.8. The number of carbonyl (C=O) groups is 1. The van der Waals surface area contributed by atoms with Gasteiger partial charge in [-0.2, -0.15) is 0 Å². The Morgan fingerprint density at radius 1 is 0.966 bits per heavy atom. The molecule has 170 valence electrons. The SMILES string of the molecule is CCCCCCCCCCCCCC(=O)O[C@@H]1[C@@H](O)CO[C@@H]1C1(CO)OCCO1. The number of aliphatic hydroxyl groups is 2. The van der Waals surface area contributed by atoms with Gasteiger partial charge in [-0.25, -0.2) is 0 Å². The maximum absolute atomic E-state index is 12.2. The number of hydrogen-bond acceptors (Lipinski definition) is 7. The third kappa shape index (κ3) is 7.79. The summed E-state index contributed by atoms with van der Waals surface area (Å²) >= 11 is 0. The van der Waals surface area contributed by atoms with Crippen LogP contribution in [0.25, 0.3) is 0 Å². The molecule has 2 fully saturated rings. The molecule has 2 heterocycles. The van der Waals surface area contributed by atoms with Crippen molar-refractivity contribution in [2.45, 2.75) is 108 Å². The van der Waals surface area contributed by atoms with Crippen molar-refractivity contribution in [1.29, 1.82) is 0 Å². The molecule has 2 rings (SSSR count). The summed E-state index contributed by atoms with van der Waals surface area (Å²) in [5.74, 6) is -1.72. The Morgan fingerprint density at radius 2 is 1.52 bits per heavy atom. The quantitative estimate of drug-likeness (QED) is 0.313. The number of ether oxygens (including phenoxy) is 4. The molecule has 29 heavy (non-hydrogen) atoms. The lowest BCUT2D eigenvalue weighted by Crippen LogP contribution is -2.54. The Kier molecular flexibility index (Phi) is 11.5.